The maximum Gasteiger partial charge on any atom is 0.305 e. The van der Waals surface area contributed by atoms with Crippen LogP contribution in [-0.2, 0) is 4.79 Å². The Bertz CT molecular complexity index is 1010. The van der Waals surface area contributed by atoms with Gasteiger partial charge in [-0.2, -0.15) is 5.10 Å². The Morgan fingerprint density at radius 3 is 2.64 bits per heavy atom. The van der Waals surface area contributed by atoms with Gasteiger partial charge in [0.15, 0.2) is 0 Å². The summed E-state index contributed by atoms with van der Waals surface area (Å²) in [6.45, 7) is 1.93. The molecule has 6 nitrogen and oxygen atoms in total. The Hall–Kier alpha value is -3.03. The molecular weight excluding hydrogens is 363 g/mol. The first-order valence-corrected chi connectivity index (χ1v) is 8.85. The van der Waals surface area contributed by atoms with Gasteiger partial charge in [0.1, 0.15) is 5.82 Å². The van der Waals surface area contributed by atoms with Crippen LogP contribution in [0.3, 0.4) is 0 Å². The molecule has 0 aliphatic heterocycles. The Morgan fingerprint density at radius 2 is 1.96 bits per heavy atom. The van der Waals surface area contributed by atoms with Gasteiger partial charge in [-0.1, -0.05) is 12.2 Å². The zero-order valence-electron chi connectivity index (χ0n) is 15.3. The molecular formula is C21H21FN2O4. The topological polar surface area (TPSA) is 95.1 Å². The van der Waals surface area contributed by atoms with Crippen molar-refractivity contribution in [2.24, 2.45) is 0 Å². The van der Waals surface area contributed by atoms with E-state index in [0.717, 1.165) is 22.2 Å². The average molecular weight is 384 g/mol. The van der Waals surface area contributed by atoms with E-state index in [1.54, 1.807) is 22.7 Å². The number of nitrogens with zero attached hydrogens (tertiary/aromatic N) is 2. The van der Waals surface area contributed by atoms with Crippen molar-refractivity contribution in [3.63, 3.8) is 0 Å². The highest BCUT2D eigenvalue weighted by Gasteiger charge is 2.15. The lowest BCUT2D eigenvalue weighted by molar-refractivity contribution is -0.139. The fourth-order valence-electron chi connectivity index (χ4n) is 3.11. The molecule has 0 radical (unpaired) electrons. The van der Waals surface area contributed by atoms with Gasteiger partial charge in [-0.15, -0.1) is 0 Å². The molecule has 28 heavy (non-hydrogen) atoms. The normalized spacial score (nSPS) is 13.9. The van der Waals surface area contributed by atoms with Crippen molar-refractivity contribution >= 4 is 17.6 Å². The lowest BCUT2D eigenvalue weighted by atomic mass is 10.00. The first-order valence-electron chi connectivity index (χ1n) is 8.85. The van der Waals surface area contributed by atoms with Gasteiger partial charge in [-0.25, -0.2) is 8.91 Å². The Labute approximate surface area is 161 Å². The van der Waals surface area contributed by atoms with Crippen LogP contribution >= 0.6 is 0 Å². The van der Waals surface area contributed by atoms with E-state index in [0.29, 0.717) is 5.69 Å². The predicted octanol–water partition coefficient (Wildman–Crippen LogP) is 3.05. The summed E-state index contributed by atoms with van der Waals surface area (Å²) >= 11 is 0. The van der Waals surface area contributed by atoms with Gasteiger partial charge in [0.25, 0.3) is 0 Å². The number of aromatic nitrogens is 2. The summed E-state index contributed by atoms with van der Waals surface area (Å²) in [4.78, 5) is 10.6. The van der Waals surface area contributed by atoms with Crippen molar-refractivity contribution < 1.29 is 24.5 Å². The molecule has 0 fully saturated rings. The Balaban J connectivity index is 1.96. The number of rotatable bonds is 7. The molecule has 0 saturated carbocycles. The fourth-order valence-corrected chi connectivity index (χ4v) is 3.11. The van der Waals surface area contributed by atoms with Crippen molar-refractivity contribution in [1.29, 1.82) is 0 Å². The number of halogens is 1. The third-order valence-corrected chi connectivity index (χ3v) is 4.51. The van der Waals surface area contributed by atoms with E-state index in [-0.39, 0.29) is 12.2 Å². The summed E-state index contributed by atoms with van der Waals surface area (Å²) in [5.74, 6) is -1.47. The molecule has 3 aromatic rings. The second-order valence-electron chi connectivity index (χ2n) is 6.65. The summed E-state index contributed by atoms with van der Waals surface area (Å²) in [7, 11) is 0. The van der Waals surface area contributed by atoms with E-state index in [1.807, 2.05) is 25.3 Å². The van der Waals surface area contributed by atoms with Crippen molar-refractivity contribution in [1.82, 2.24) is 9.61 Å². The third kappa shape index (κ3) is 4.44. The highest BCUT2D eigenvalue weighted by molar-refractivity contribution is 5.78. The lowest BCUT2D eigenvalue weighted by Gasteiger charge is -2.13. The number of benzene rings is 1. The summed E-state index contributed by atoms with van der Waals surface area (Å²) in [5.41, 5.74) is 3.92. The van der Waals surface area contributed by atoms with E-state index in [2.05, 4.69) is 5.10 Å². The molecule has 0 saturated heterocycles. The van der Waals surface area contributed by atoms with Crippen molar-refractivity contribution in [3.8, 4) is 11.3 Å². The molecule has 3 rings (SSSR count). The van der Waals surface area contributed by atoms with Crippen LogP contribution in [0.1, 0.15) is 24.0 Å². The second kappa shape index (κ2) is 8.33. The molecule has 146 valence electrons. The predicted molar refractivity (Wildman–Crippen MR) is 103 cm³/mol. The Morgan fingerprint density at radius 1 is 1.25 bits per heavy atom. The van der Waals surface area contributed by atoms with Gasteiger partial charge in [-0.3, -0.25) is 4.79 Å². The summed E-state index contributed by atoms with van der Waals surface area (Å²) in [6.07, 6.45) is 2.35. The molecule has 2 atom stereocenters. The summed E-state index contributed by atoms with van der Waals surface area (Å²) in [6, 6.07) is 9.77. The monoisotopic (exact) mass is 384 g/mol. The molecule has 2 aromatic heterocycles. The highest BCUT2D eigenvalue weighted by Crippen LogP contribution is 2.28. The molecule has 0 spiro atoms. The quantitative estimate of drug-likeness (QED) is 0.582. The van der Waals surface area contributed by atoms with Crippen LogP contribution in [0.25, 0.3) is 22.9 Å². The van der Waals surface area contributed by atoms with E-state index in [4.69, 9.17) is 5.11 Å². The van der Waals surface area contributed by atoms with Gasteiger partial charge in [0, 0.05) is 23.7 Å². The van der Waals surface area contributed by atoms with Gasteiger partial charge < -0.3 is 15.3 Å². The minimum absolute atomic E-state index is 0.0888. The zero-order chi connectivity index (χ0) is 20.3. The van der Waals surface area contributed by atoms with Crippen LogP contribution in [0.2, 0.25) is 0 Å². The molecule has 2 heterocycles. The van der Waals surface area contributed by atoms with Crippen LogP contribution in [0.15, 0.2) is 48.7 Å². The van der Waals surface area contributed by atoms with E-state index in [9.17, 15) is 19.4 Å². The molecule has 2 unspecified atom stereocenters. The average Bonchev–Trinajstić information content (AvgIpc) is 3.09. The van der Waals surface area contributed by atoms with Crippen LogP contribution < -0.4 is 0 Å². The van der Waals surface area contributed by atoms with Crippen LogP contribution in [0.5, 0.6) is 0 Å². The van der Waals surface area contributed by atoms with Crippen molar-refractivity contribution in [2.45, 2.75) is 32.0 Å². The molecule has 0 aliphatic rings. The number of fused-ring (bicyclic) bond motifs is 1. The Kier molecular flexibility index (Phi) is 5.87. The number of hydrogen-bond donors (Lipinski definition) is 3. The summed E-state index contributed by atoms with van der Waals surface area (Å²) in [5, 5.41) is 33.1. The molecule has 3 N–H and O–H groups in total. The number of aryl methyl sites for hydroxylation is 1. The number of aliphatic hydroxyl groups is 2. The lowest BCUT2D eigenvalue weighted by Crippen LogP contribution is -2.19. The van der Waals surface area contributed by atoms with Crippen LogP contribution in [0, 0.1) is 12.7 Å². The minimum Gasteiger partial charge on any atom is -0.481 e. The maximum absolute atomic E-state index is 13.3. The second-order valence-corrected chi connectivity index (χ2v) is 6.65. The van der Waals surface area contributed by atoms with Gasteiger partial charge in [-0.05, 0) is 48.9 Å². The number of hydrogen-bond acceptors (Lipinski definition) is 4. The molecule has 0 amide bonds. The molecule has 7 heteroatoms. The smallest absolute Gasteiger partial charge is 0.305 e. The van der Waals surface area contributed by atoms with E-state index in [1.165, 1.54) is 18.2 Å². The molecule has 1 aromatic carbocycles. The fraction of sp³-hybridized carbons (Fsp3) is 0.238. The van der Waals surface area contributed by atoms with Gasteiger partial charge >= 0.3 is 5.97 Å². The van der Waals surface area contributed by atoms with E-state index >= 15 is 0 Å². The van der Waals surface area contributed by atoms with Gasteiger partial charge in [0.2, 0.25) is 0 Å². The number of carboxylic acid groups (broad SMARTS) is 1. The molecule has 0 aliphatic carbocycles. The molecule has 0 bridgehead atoms. The first-order chi connectivity index (χ1) is 13.3. The maximum atomic E-state index is 13.3. The SMILES string of the molecule is Cc1c(/C=C/C(O)CC(O)CC(=O)O)c(-c2ccc(F)cc2)nn2cccc12. The zero-order valence-corrected chi connectivity index (χ0v) is 15.3. The highest BCUT2D eigenvalue weighted by atomic mass is 19.1. The number of aliphatic carboxylic acids is 1. The van der Waals surface area contributed by atoms with E-state index < -0.39 is 24.6 Å². The largest absolute Gasteiger partial charge is 0.481 e. The summed E-state index contributed by atoms with van der Waals surface area (Å²) < 4.78 is 15.0. The number of carboxylic acids is 1. The van der Waals surface area contributed by atoms with Crippen LogP contribution in [0.4, 0.5) is 4.39 Å². The minimum atomic E-state index is -1.14. The number of carbonyl (C=O) groups is 1. The van der Waals surface area contributed by atoms with Crippen LogP contribution in [-0.4, -0.2) is 43.1 Å². The number of aliphatic hydroxyl groups excluding tert-OH is 2. The third-order valence-electron chi connectivity index (χ3n) is 4.51. The van der Waals surface area contributed by atoms with Gasteiger partial charge in [0.05, 0.1) is 29.8 Å². The van der Waals surface area contributed by atoms with Crippen molar-refractivity contribution in [2.75, 3.05) is 0 Å². The standard InChI is InChI=1S/C21H21FN2O4/c1-13-18(9-8-16(25)11-17(26)12-20(27)28)21(14-4-6-15(22)7-5-14)23-24-10-2-3-19(13)24/h2-10,16-17,25-26H,11-12H2,1H3,(H,27,28)/b9-8+. The first kappa shape index (κ1) is 19.7. The van der Waals surface area contributed by atoms with Crippen molar-refractivity contribution in [3.05, 3.63) is 65.6 Å².